The molecule has 84 valence electrons. The second-order valence-corrected chi connectivity index (χ2v) is 4.53. The highest BCUT2D eigenvalue weighted by Gasteiger charge is 2.42. The molecule has 1 aliphatic carbocycles. The number of hydrogen-bond acceptors (Lipinski definition) is 3. The van der Waals surface area contributed by atoms with Gasteiger partial charge in [-0.3, -0.25) is 14.9 Å². The number of hydrogen-bond donors (Lipinski definition) is 1. The Morgan fingerprint density at radius 1 is 1.27 bits per heavy atom. The number of nitrogens with one attached hydrogen (secondary N) is 1. The second kappa shape index (κ2) is 4.16. The van der Waals surface area contributed by atoms with Gasteiger partial charge in [0, 0.05) is 17.8 Å². The number of rotatable bonds is 2. The fraction of sp³-hybridized carbons (Fsp3) is 0.900. The van der Waals surface area contributed by atoms with E-state index < -0.39 is 6.04 Å². The monoisotopic (exact) mass is 212 g/mol. The number of amides is 1. The van der Waals surface area contributed by atoms with Gasteiger partial charge in [0.2, 0.25) is 11.9 Å². The van der Waals surface area contributed by atoms with Gasteiger partial charge < -0.3 is 5.32 Å². The van der Waals surface area contributed by atoms with Gasteiger partial charge in [0.05, 0.1) is 6.04 Å². The van der Waals surface area contributed by atoms with Crippen LogP contribution >= 0.6 is 0 Å². The van der Waals surface area contributed by atoms with Crippen molar-refractivity contribution in [2.24, 2.45) is 5.92 Å². The van der Waals surface area contributed by atoms with Crippen molar-refractivity contribution >= 4 is 5.91 Å². The van der Waals surface area contributed by atoms with E-state index in [0.29, 0.717) is 18.8 Å². The molecule has 1 saturated carbocycles. The minimum absolute atomic E-state index is 0.0231. The van der Waals surface area contributed by atoms with Gasteiger partial charge >= 0.3 is 0 Å². The van der Waals surface area contributed by atoms with Gasteiger partial charge in [-0.1, -0.05) is 12.8 Å². The molecular weight excluding hydrogens is 196 g/mol. The van der Waals surface area contributed by atoms with Gasteiger partial charge in [-0.2, -0.15) is 0 Å². The van der Waals surface area contributed by atoms with Gasteiger partial charge in [0.1, 0.15) is 0 Å². The maximum absolute atomic E-state index is 11.3. The summed E-state index contributed by atoms with van der Waals surface area (Å²) in [5, 5.41) is 13.7. The van der Waals surface area contributed by atoms with Crippen molar-refractivity contribution < 1.29 is 9.72 Å². The summed E-state index contributed by atoms with van der Waals surface area (Å²) in [7, 11) is 0. The van der Waals surface area contributed by atoms with Gasteiger partial charge in [-0.15, -0.1) is 0 Å². The van der Waals surface area contributed by atoms with E-state index in [4.69, 9.17) is 0 Å². The Bertz CT molecular complexity index is 274. The Morgan fingerprint density at radius 2 is 1.93 bits per heavy atom. The van der Waals surface area contributed by atoms with Crippen molar-refractivity contribution in [3.8, 4) is 0 Å². The van der Waals surface area contributed by atoms with Gasteiger partial charge in [-0.05, 0) is 18.8 Å². The molecule has 0 spiro atoms. The van der Waals surface area contributed by atoms with Crippen LogP contribution in [0, 0.1) is 16.0 Å². The Balaban J connectivity index is 2.08. The summed E-state index contributed by atoms with van der Waals surface area (Å²) < 4.78 is 0. The zero-order valence-corrected chi connectivity index (χ0v) is 8.65. The molecule has 5 heteroatoms. The number of piperidine rings is 1. The maximum atomic E-state index is 11.3. The van der Waals surface area contributed by atoms with Crippen molar-refractivity contribution in [2.75, 3.05) is 0 Å². The van der Waals surface area contributed by atoms with Crippen LogP contribution in [0.25, 0.3) is 0 Å². The highest BCUT2D eigenvalue weighted by molar-refractivity contribution is 5.77. The number of nitro groups is 1. The first-order valence-corrected chi connectivity index (χ1v) is 5.61. The molecule has 5 nitrogen and oxygen atoms in total. The zero-order valence-electron chi connectivity index (χ0n) is 8.65. The summed E-state index contributed by atoms with van der Waals surface area (Å²) in [6, 6.07) is -0.783. The van der Waals surface area contributed by atoms with Gasteiger partial charge in [0.15, 0.2) is 0 Å². The first-order valence-electron chi connectivity index (χ1n) is 5.61. The lowest BCUT2D eigenvalue weighted by atomic mass is 9.87. The van der Waals surface area contributed by atoms with Crippen molar-refractivity contribution in [1.82, 2.24) is 5.32 Å². The number of carbonyl (C=O) groups excluding carboxylic acids is 1. The molecule has 0 bridgehead atoms. The van der Waals surface area contributed by atoms with Crippen LogP contribution in [0.5, 0.6) is 0 Å². The molecule has 2 atom stereocenters. The maximum Gasteiger partial charge on any atom is 0.233 e. The quantitative estimate of drug-likeness (QED) is 0.550. The molecule has 1 aliphatic heterocycles. The summed E-state index contributed by atoms with van der Waals surface area (Å²) in [5.41, 5.74) is 0. The summed E-state index contributed by atoms with van der Waals surface area (Å²) in [6.45, 7) is 0. The van der Waals surface area contributed by atoms with Crippen LogP contribution in [0.1, 0.15) is 38.5 Å². The summed E-state index contributed by atoms with van der Waals surface area (Å²) in [4.78, 5) is 21.9. The fourth-order valence-electron chi connectivity index (χ4n) is 2.80. The molecule has 0 radical (unpaired) electrons. The Hall–Kier alpha value is -1.13. The molecule has 15 heavy (non-hydrogen) atoms. The van der Waals surface area contributed by atoms with Crippen LogP contribution in [0.3, 0.4) is 0 Å². The third-order valence-corrected chi connectivity index (χ3v) is 3.59. The minimum atomic E-state index is -0.564. The summed E-state index contributed by atoms with van der Waals surface area (Å²) in [5.74, 6) is 0.301. The minimum Gasteiger partial charge on any atom is -0.346 e. The molecular formula is C10H16N2O3. The lowest BCUT2D eigenvalue weighted by Gasteiger charge is -2.30. The zero-order chi connectivity index (χ0) is 10.8. The van der Waals surface area contributed by atoms with E-state index in [0.717, 1.165) is 25.7 Å². The molecule has 0 unspecified atom stereocenters. The summed E-state index contributed by atoms with van der Waals surface area (Å²) >= 11 is 0. The number of carbonyl (C=O) groups is 1. The van der Waals surface area contributed by atoms with E-state index in [1.165, 1.54) is 0 Å². The van der Waals surface area contributed by atoms with Crippen molar-refractivity contribution in [1.29, 1.82) is 0 Å². The Labute approximate surface area is 88.4 Å². The third kappa shape index (κ3) is 2.11. The van der Waals surface area contributed by atoms with Crippen LogP contribution in [0.15, 0.2) is 0 Å². The van der Waals surface area contributed by atoms with Crippen LogP contribution < -0.4 is 5.32 Å². The van der Waals surface area contributed by atoms with Crippen molar-refractivity contribution in [2.45, 2.75) is 50.6 Å². The highest BCUT2D eigenvalue weighted by Crippen LogP contribution is 2.32. The molecule has 2 fully saturated rings. The van der Waals surface area contributed by atoms with Crippen molar-refractivity contribution in [3.05, 3.63) is 10.1 Å². The molecule has 0 aromatic carbocycles. The molecule has 1 N–H and O–H groups in total. The fourth-order valence-corrected chi connectivity index (χ4v) is 2.80. The summed E-state index contributed by atoms with van der Waals surface area (Å²) in [6.07, 6.45) is 5.03. The largest absolute Gasteiger partial charge is 0.346 e. The molecule has 0 aromatic rings. The van der Waals surface area contributed by atoms with E-state index in [1.807, 2.05) is 0 Å². The lowest BCUT2D eigenvalue weighted by Crippen LogP contribution is -2.54. The lowest BCUT2D eigenvalue weighted by molar-refractivity contribution is -0.530. The second-order valence-electron chi connectivity index (χ2n) is 4.53. The van der Waals surface area contributed by atoms with Gasteiger partial charge in [0.25, 0.3) is 0 Å². The van der Waals surface area contributed by atoms with E-state index in [2.05, 4.69) is 5.32 Å². The van der Waals surface area contributed by atoms with Crippen LogP contribution in [0.4, 0.5) is 0 Å². The SMILES string of the molecule is O=C1CC[C@H]([N+](=O)[O-])[C@@H](C2CCCC2)N1. The van der Waals surface area contributed by atoms with Crippen molar-refractivity contribution in [3.63, 3.8) is 0 Å². The third-order valence-electron chi connectivity index (χ3n) is 3.59. The molecule has 1 heterocycles. The van der Waals surface area contributed by atoms with Gasteiger partial charge in [-0.25, -0.2) is 0 Å². The first kappa shape index (κ1) is 10.4. The average Bonchev–Trinajstić information content (AvgIpc) is 2.69. The number of nitrogens with zero attached hydrogens (tertiary/aromatic N) is 1. The smallest absolute Gasteiger partial charge is 0.233 e. The topological polar surface area (TPSA) is 72.2 Å². The standard InChI is InChI=1S/C10H16N2O3/c13-9-6-5-8(12(14)15)10(11-9)7-3-1-2-4-7/h7-8,10H,1-6H2,(H,11,13)/t8-,10+/m0/s1. The predicted octanol–water partition coefficient (Wildman–Crippen LogP) is 1.10. The van der Waals surface area contributed by atoms with E-state index in [1.54, 1.807) is 0 Å². The Kier molecular flexibility index (Phi) is 2.88. The van der Waals surface area contributed by atoms with E-state index in [9.17, 15) is 14.9 Å². The normalized spacial score (nSPS) is 32.7. The van der Waals surface area contributed by atoms with Crippen LogP contribution in [-0.2, 0) is 4.79 Å². The predicted molar refractivity (Wildman–Crippen MR) is 53.9 cm³/mol. The van der Waals surface area contributed by atoms with E-state index in [-0.39, 0.29) is 16.9 Å². The molecule has 1 saturated heterocycles. The first-order chi connectivity index (χ1) is 7.18. The average molecular weight is 212 g/mol. The van der Waals surface area contributed by atoms with Crippen LogP contribution in [-0.4, -0.2) is 22.9 Å². The molecule has 2 rings (SSSR count). The molecule has 1 amide bonds. The van der Waals surface area contributed by atoms with Crippen LogP contribution in [0.2, 0.25) is 0 Å². The highest BCUT2D eigenvalue weighted by atomic mass is 16.6. The molecule has 0 aromatic heterocycles. The van der Waals surface area contributed by atoms with E-state index >= 15 is 0 Å². The Morgan fingerprint density at radius 3 is 2.53 bits per heavy atom. The molecule has 2 aliphatic rings.